The predicted octanol–water partition coefficient (Wildman–Crippen LogP) is 4.51. The molecule has 0 amide bonds. The Hall–Kier alpha value is -1.51. The SMILES string of the molecule is CCOC(=O)Cc1cn2c(C=O)c(-c3cc(Br)ccc3Br)nc2s1. The number of rotatable bonds is 5. The summed E-state index contributed by atoms with van der Waals surface area (Å²) in [4.78, 5) is 29.3. The summed E-state index contributed by atoms with van der Waals surface area (Å²) in [6, 6.07) is 5.71. The van der Waals surface area contributed by atoms with Crippen molar-refractivity contribution in [3.63, 3.8) is 0 Å². The molecule has 8 heteroatoms. The quantitative estimate of drug-likeness (QED) is 0.405. The zero-order chi connectivity index (χ0) is 17.3. The number of thiazole rings is 1. The standard InChI is InChI=1S/C16H12Br2N2O3S/c1-2-23-14(22)6-10-7-20-13(8-21)15(19-16(20)24-10)11-5-9(17)3-4-12(11)18/h3-5,7-8H,2,6H2,1H3. The van der Waals surface area contributed by atoms with Gasteiger partial charge in [-0.2, -0.15) is 0 Å². The van der Waals surface area contributed by atoms with Crippen LogP contribution >= 0.6 is 43.2 Å². The van der Waals surface area contributed by atoms with E-state index in [4.69, 9.17) is 4.74 Å². The number of carbonyl (C=O) groups excluding carboxylic acids is 2. The molecule has 2 heterocycles. The molecular weight excluding hydrogens is 460 g/mol. The number of aldehydes is 1. The van der Waals surface area contributed by atoms with Crippen molar-refractivity contribution < 1.29 is 14.3 Å². The van der Waals surface area contributed by atoms with Gasteiger partial charge in [0.2, 0.25) is 0 Å². The van der Waals surface area contributed by atoms with Crippen molar-refractivity contribution in [2.24, 2.45) is 0 Å². The summed E-state index contributed by atoms with van der Waals surface area (Å²) >= 11 is 8.30. The van der Waals surface area contributed by atoms with Gasteiger partial charge in [-0.15, -0.1) is 11.3 Å². The molecule has 0 aliphatic heterocycles. The van der Waals surface area contributed by atoms with E-state index in [0.717, 1.165) is 25.7 Å². The van der Waals surface area contributed by atoms with E-state index in [2.05, 4.69) is 36.8 Å². The molecule has 2 aromatic heterocycles. The van der Waals surface area contributed by atoms with Crippen LogP contribution in [0.25, 0.3) is 16.2 Å². The van der Waals surface area contributed by atoms with Crippen molar-refractivity contribution in [2.75, 3.05) is 6.61 Å². The second kappa shape index (κ2) is 7.16. The highest BCUT2D eigenvalue weighted by Crippen LogP contribution is 2.34. The smallest absolute Gasteiger partial charge is 0.311 e. The van der Waals surface area contributed by atoms with E-state index in [0.29, 0.717) is 23.0 Å². The zero-order valence-electron chi connectivity index (χ0n) is 12.6. The number of halogens is 2. The van der Waals surface area contributed by atoms with Gasteiger partial charge in [0.15, 0.2) is 11.2 Å². The number of ether oxygens (including phenoxy) is 1. The Morgan fingerprint density at radius 1 is 1.42 bits per heavy atom. The van der Waals surface area contributed by atoms with Crippen molar-refractivity contribution in [1.82, 2.24) is 9.38 Å². The van der Waals surface area contributed by atoms with Crippen LogP contribution in [0.5, 0.6) is 0 Å². The predicted molar refractivity (Wildman–Crippen MR) is 99.6 cm³/mol. The van der Waals surface area contributed by atoms with Crippen molar-refractivity contribution in [1.29, 1.82) is 0 Å². The minimum absolute atomic E-state index is 0.177. The lowest BCUT2D eigenvalue weighted by Crippen LogP contribution is -2.06. The molecule has 0 saturated carbocycles. The largest absolute Gasteiger partial charge is 0.466 e. The minimum Gasteiger partial charge on any atom is -0.466 e. The molecule has 3 rings (SSSR count). The van der Waals surface area contributed by atoms with Crippen LogP contribution in [0.1, 0.15) is 22.3 Å². The average Bonchev–Trinajstić information content (AvgIpc) is 3.06. The highest BCUT2D eigenvalue weighted by molar-refractivity contribution is 9.11. The van der Waals surface area contributed by atoms with Crippen LogP contribution in [0.3, 0.4) is 0 Å². The van der Waals surface area contributed by atoms with Gasteiger partial charge < -0.3 is 4.74 Å². The monoisotopic (exact) mass is 470 g/mol. The topological polar surface area (TPSA) is 60.7 Å². The van der Waals surface area contributed by atoms with Crippen LogP contribution in [-0.4, -0.2) is 28.2 Å². The number of nitrogens with zero attached hydrogens (tertiary/aromatic N) is 2. The second-order valence-corrected chi connectivity index (χ2v) is 7.78. The molecule has 0 N–H and O–H groups in total. The number of hydrogen-bond acceptors (Lipinski definition) is 5. The first-order valence-corrected chi connectivity index (χ1v) is 9.50. The summed E-state index contributed by atoms with van der Waals surface area (Å²) in [6.45, 7) is 2.12. The van der Waals surface area contributed by atoms with Crippen LogP contribution in [0, 0.1) is 0 Å². The highest BCUT2D eigenvalue weighted by atomic mass is 79.9. The molecule has 124 valence electrons. The fourth-order valence-corrected chi connectivity index (χ4v) is 4.10. The summed E-state index contributed by atoms with van der Waals surface area (Å²) in [5.41, 5.74) is 1.89. The number of fused-ring (bicyclic) bond motifs is 1. The molecule has 0 bridgehead atoms. The summed E-state index contributed by atoms with van der Waals surface area (Å²) in [7, 11) is 0. The van der Waals surface area contributed by atoms with E-state index >= 15 is 0 Å². The lowest BCUT2D eigenvalue weighted by Gasteiger charge is -2.03. The van der Waals surface area contributed by atoms with Gasteiger partial charge in [-0.05, 0) is 25.1 Å². The highest BCUT2D eigenvalue weighted by Gasteiger charge is 2.19. The first kappa shape index (κ1) is 17.3. The van der Waals surface area contributed by atoms with E-state index in [1.807, 2.05) is 18.2 Å². The number of benzene rings is 1. The van der Waals surface area contributed by atoms with E-state index in [1.54, 1.807) is 17.5 Å². The van der Waals surface area contributed by atoms with Crippen molar-refractivity contribution in [2.45, 2.75) is 13.3 Å². The normalized spacial score (nSPS) is 11.0. The molecular formula is C16H12Br2N2O3S. The summed E-state index contributed by atoms with van der Waals surface area (Å²) < 4.78 is 8.42. The summed E-state index contributed by atoms with van der Waals surface area (Å²) in [5, 5.41) is 0. The molecule has 0 aliphatic carbocycles. The number of carbonyl (C=O) groups is 2. The third kappa shape index (κ3) is 3.31. The number of esters is 1. The minimum atomic E-state index is -0.287. The molecule has 5 nitrogen and oxygen atoms in total. The second-order valence-electron chi connectivity index (χ2n) is 4.92. The first-order chi connectivity index (χ1) is 11.5. The average molecular weight is 472 g/mol. The van der Waals surface area contributed by atoms with E-state index < -0.39 is 0 Å². The maximum atomic E-state index is 11.6. The fraction of sp³-hybridized carbons (Fsp3) is 0.188. The van der Waals surface area contributed by atoms with Gasteiger partial charge in [-0.3, -0.25) is 14.0 Å². The molecule has 0 spiro atoms. The van der Waals surface area contributed by atoms with Gasteiger partial charge in [0.1, 0.15) is 11.4 Å². The van der Waals surface area contributed by atoms with Crippen molar-refractivity contribution >= 4 is 60.4 Å². The summed E-state index contributed by atoms with van der Waals surface area (Å²) in [5.74, 6) is -0.287. The van der Waals surface area contributed by atoms with Crippen molar-refractivity contribution in [3.05, 3.63) is 43.9 Å². The molecule has 1 aromatic carbocycles. The number of hydrogen-bond donors (Lipinski definition) is 0. The third-order valence-electron chi connectivity index (χ3n) is 3.33. The number of aromatic nitrogens is 2. The molecule has 24 heavy (non-hydrogen) atoms. The Kier molecular flexibility index (Phi) is 5.17. The van der Waals surface area contributed by atoms with Gasteiger partial charge in [-0.25, -0.2) is 4.98 Å². The number of imidazole rings is 1. The van der Waals surface area contributed by atoms with Crippen LogP contribution in [0.2, 0.25) is 0 Å². The Morgan fingerprint density at radius 3 is 2.92 bits per heavy atom. The molecule has 0 aliphatic rings. The maximum Gasteiger partial charge on any atom is 0.311 e. The van der Waals surface area contributed by atoms with Gasteiger partial charge in [-0.1, -0.05) is 31.9 Å². The van der Waals surface area contributed by atoms with Crippen LogP contribution in [0.4, 0.5) is 0 Å². The van der Waals surface area contributed by atoms with Crippen LogP contribution < -0.4 is 0 Å². The molecule has 0 atom stereocenters. The molecule has 0 fully saturated rings. The Labute approximate surface area is 158 Å². The van der Waals surface area contributed by atoms with Gasteiger partial charge in [0.05, 0.1) is 13.0 Å². The summed E-state index contributed by atoms with van der Waals surface area (Å²) in [6.07, 6.45) is 2.72. The van der Waals surface area contributed by atoms with E-state index in [9.17, 15) is 9.59 Å². The van der Waals surface area contributed by atoms with Crippen molar-refractivity contribution in [3.8, 4) is 11.3 Å². The van der Waals surface area contributed by atoms with Gasteiger partial charge >= 0.3 is 5.97 Å². The van der Waals surface area contributed by atoms with E-state index in [-0.39, 0.29) is 12.4 Å². The zero-order valence-corrected chi connectivity index (χ0v) is 16.6. The maximum absolute atomic E-state index is 11.6. The first-order valence-electron chi connectivity index (χ1n) is 7.10. The lowest BCUT2D eigenvalue weighted by atomic mass is 10.1. The molecule has 0 radical (unpaired) electrons. The van der Waals surface area contributed by atoms with Crippen LogP contribution in [-0.2, 0) is 16.0 Å². The Bertz CT molecular complexity index is 933. The fourth-order valence-electron chi connectivity index (χ4n) is 2.33. The third-order valence-corrected chi connectivity index (χ3v) is 5.50. The van der Waals surface area contributed by atoms with E-state index in [1.165, 1.54) is 11.3 Å². The van der Waals surface area contributed by atoms with Gasteiger partial charge in [0, 0.05) is 25.6 Å². The molecule has 3 aromatic rings. The Balaban J connectivity index is 2.05. The molecule has 0 saturated heterocycles. The lowest BCUT2D eigenvalue weighted by molar-refractivity contribution is -0.142. The Morgan fingerprint density at radius 2 is 2.21 bits per heavy atom. The van der Waals surface area contributed by atoms with Gasteiger partial charge in [0.25, 0.3) is 0 Å². The van der Waals surface area contributed by atoms with Crippen LogP contribution in [0.15, 0.2) is 33.3 Å². The molecule has 0 unspecified atom stereocenters.